The molecule has 0 radical (unpaired) electrons. The summed E-state index contributed by atoms with van der Waals surface area (Å²) in [4.78, 5) is 38.7. The predicted octanol–water partition coefficient (Wildman–Crippen LogP) is 0.731. The molecule has 2 saturated heterocycles. The lowest BCUT2D eigenvalue weighted by molar-refractivity contribution is -0.152. The molecule has 3 rings (SSSR count). The Balaban J connectivity index is 1.72. The quantitative estimate of drug-likeness (QED) is 0.760. The van der Waals surface area contributed by atoms with Gasteiger partial charge in [-0.1, -0.05) is 27.7 Å². The summed E-state index contributed by atoms with van der Waals surface area (Å²) >= 11 is 0. The van der Waals surface area contributed by atoms with Crippen LogP contribution in [-0.4, -0.2) is 59.6 Å². The molecular formula is C18H28N2O5. The second-order valence-corrected chi connectivity index (χ2v) is 8.52. The monoisotopic (exact) mass is 352 g/mol. The summed E-state index contributed by atoms with van der Waals surface area (Å²) in [5, 5.41) is 12.5. The number of piperidine rings is 1. The van der Waals surface area contributed by atoms with Gasteiger partial charge in [-0.15, -0.1) is 0 Å². The van der Waals surface area contributed by atoms with Crippen LogP contribution >= 0.6 is 0 Å². The molecule has 0 aromatic heterocycles. The van der Waals surface area contributed by atoms with Gasteiger partial charge in [-0.05, 0) is 23.7 Å². The minimum absolute atomic E-state index is 0.000644. The fourth-order valence-electron chi connectivity index (χ4n) is 4.50. The molecule has 0 aromatic carbocycles. The van der Waals surface area contributed by atoms with Crippen LogP contribution in [0.15, 0.2) is 0 Å². The maximum absolute atomic E-state index is 13.0. The standard InChI is InChI=1S/C18H28N2O5/c1-9(2)13(19-15(21)10-5-6-25-8-10)16(22)20-7-11-12(18(11,3)4)14(20)17(23)24/h9-14H,5-8H2,1-4H3,(H,19,21)(H,23,24)/t10-,11-,12-,13?,14-/m0/s1. The number of nitrogens with one attached hydrogen (secondary N) is 1. The number of hydrogen-bond acceptors (Lipinski definition) is 4. The Morgan fingerprint density at radius 3 is 2.48 bits per heavy atom. The van der Waals surface area contributed by atoms with Crippen LogP contribution in [-0.2, 0) is 19.1 Å². The molecule has 7 nitrogen and oxygen atoms in total. The molecule has 7 heteroatoms. The summed E-state index contributed by atoms with van der Waals surface area (Å²) in [6.45, 7) is 9.24. The van der Waals surface area contributed by atoms with Crippen LogP contribution in [0.4, 0.5) is 0 Å². The van der Waals surface area contributed by atoms with Crippen molar-refractivity contribution in [1.82, 2.24) is 10.2 Å². The number of aliphatic carboxylic acids is 1. The number of amides is 2. The molecule has 0 spiro atoms. The Kier molecular flexibility index (Phi) is 4.56. The third-order valence-corrected chi connectivity index (χ3v) is 6.28. The number of carboxylic acid groups (broad SMARTS) is 1. The zero-order valence-corrected chi connectivity index (χ0v) is 15.3. The number of rotatable bonds is 5. The van der Waals surface area contributed by atoms with E-state index in [1.54, 1.807) is 0 Å². The van der Waals surface area contributed by atoms with Crippen molar-refractivity contribution in [3.63, 3.8) is 0 Å². The lowest BCUT2D eigenvalue weighted by atomic mass is 9.97. The summed E-state index contributed by atoms with van der Waals surface area (Å²) in [6, 6.07) is -1.49. The molecule has 1 aliphatic carbocycles. The van der Waals surface area contributed by atoms with E-state index >= 15 is 0 Å². The molecule has 25 heavy (non-hydrogen) atoms. The van der Waals surface area contributed by atoms with E-state index in [-0.39, 0.29) is 40.9 Å². The number of nitrogens with zero attached hydrogens (tertiary/aromatic N) is 1. The van der Waals surface area contributed by atoms with Gasteiger partial charge < -0.3 is 20.1 Å². The Morgan fingerprint density at radius 2 is 1.96 bits per heavy atom. The Bertz CT molecular complexity index is 582. The molecule has 1 unspecified atom stereocenters. The lowest BCUT2D eigenvalue weighted by Gasteiger charge is -2.33. The van der Waals surface area contributed by atoms with E-state index in [9.17, 15) is 19.5 Å². The van der Waals surface area contributed by atoms with E-state index in [1.807, 2.05) is 13.8 Å². The molecule has 1 saturated carbocycles. The van der Waals surface area contributed by atoms with Gasteiger partial charge in [-0.25, -0.2) is 4.79 Å². The highest BCUT2D eigenvalue weighted by Gasteiger charge is 2.69. The molecule has 5 atom stereocenters. The second kappa shape index (κ2) is 6.27. The summed E-state index contributed by atoms with van der Waals surface area (Å²) in [5.74, 6) is -1.53. The topological polar surface area (TPSA) is 95.9 Å². The number of ether oxygens (including phenoxy) is 1. The highest BCUT2D eigenvalue weighted by Crippen LogP contribution is 2.64. The minimum atomic E-state index is -0.954. The predicted molar refractivity (Wildman–Crippen MR) is 89.6 cm³/mol. The third kappa shape index (κ3) is 3.03. The van der Waals surface area contributed by atoms with Crippen molar-refractivity contribution in [2.75, 3.05) is 19.8 Å². The molecule has 140 valence electrons. The van der Waals surface area contributed by atoms with Crippen LogP contribution in [0, 0.1) is 29.1 Å². The lowest BCUT2D eigenvalue weighted by Crippen LogP contribution is -2.56. The molecule has 3 aliphatic rings. The van der Waals surface area contributed by atoms with Gasteiger partial charge in [0.25, 0.3) is 0 Å². The van der Waals surface area contributed by atoms with Crippen LogP contribution < -0.4 is 5.32 Å². The Hall–Kier alpha value is -1.63. The van der Waals surface area contributed by atoms with Gasteiger partial charge in [0.15, 0.2) is 0 Å². The second-order valence-electron chi connectivity index (χ2n) is 8.52. The van der Waals surface area contributed by atoms with Crippen LogP contribution in [0.1, 0.15) is 34.1 Å². The number of carbonyl (C=O) groups excluding carboxylic acids is 2. The maximum atomic E-state index is 13.0. The van der Waals surface area contributed by atoms with Crippen molar-refractivity contribution in [2.24, 2.45) is 29.1 Å². The van der Waals surface area contributed by atoms with Crippen molar-refractivity contribution >= 4 is 17.8 Å². The van der Waals surface area contributed by atoms with Crippen LogP contribution in [0.2, 0.25) is 0 Å². The zero-order chi connectivity index (χ0) is 18.5. The van der Waals surface area contributed by atoms with Gasteiger partial charge in [0.1, 0.15) is 12.1 Å². The molecule has 2 amide bonds. The highest BCUT2D eigenvalue weighted by atomic mass is 16.5. The van der Waals surface area contributed by atoms with E-state index in [4.69, 9.17) is 4.74 Å². The first-order valence-electron chi connectivity index (χ1n) is 9.07. The largest absolute Gasteiger partial charge is 0.480 e. The average molecular weight is 352 g/mol. The van der Waals surface area contributed by atoms with Crippen molar-refractivity contribution in [3.05, 3.63) is 0 Å². The molecule has 2 aliphatic heterocycles. The third-order valence-electron chi connectivity index (χ3n) is 6.28. The summed E-state index contributed by atoms with van der Waals surface area (Å²) in [7, 11) is 0. The number of fused-ring (bicyclic) bond motifs is 1. The Morgan fingerprint density at radius 1 is 1.28 bits per heavy atom. The van der Waals surface area contributed by atoms with Crippen LogP contribution in [0.3, 0.4) is 0 Å². The van der Waals surface area contributed by atoms with E-state index < -0.39 is 18.1 Å². The highest BCUT2D eigenvalue weighted by molar-refractivity contribution is 5.92. The van der Waals surface area contributed by atoms with Crippen LogP contribution in [0.5, 0.6) is 0 Å². The maximum Gasteiger partial charge on any atom is 0.326 e. The minimum Gasteiger partial charge on any atom is -0.480 e. The smallest absolute Gasteiger partial charge is 0.326 e. The van der Waals surface area contributed by atoms with Gasteiger partial charge in [-0.2, -0.15) is 0 Å². The average Bonchev–Trinajstić information content (AvgIpc) is 3.02. The van der Waals surface area contributed by atoms with Crippen molar-refractivity contribution in [1.29, 1.82) is 0 Å². The van der Waals surface area contributed by atoms with E-state index in [2.05, 4.69) is 19.2 Å². The van der Waals surface area contributed by atoms with Crippen molar-refractivity contribution in [2.45, 2.75) is 46.2 Å². The van der Waals surface area contributed by atoms with E-state index in [0.717, 1.165) is 0 Å². The fourth-order valence-corrected chi connectivity index (χ4v) is 4.50. The summed E-state index contributed by atoms with van der Waals surface area (Å²) in [6.07, 6.45) is 0.657. The van der Waals surface area contributed by atoms with Crippen molar-refractivity contribution in [3.8, 4) is 0 Å². The van der Waals surface area contributed by atoms with Gasteiger partial charge >= 0.3 is 5.97 Å². The number of hydrogen-bond donors (Lipinski definition) is 2. The summed E-state index contributed by atoms with van der Waals surface area (Å²) < 4.78 is 5.24. The molecule has 3 fully saturated rings. The molecule has 0 bridgehead atoms. The van der Waals surface area contributed by atoms with Gasteiger partial charge in [0, 0.05) is 19.1 Å². The number of likely N-dealkylation sites (tertiary alicyclic amines) is 1. The van der Waals surface area contributed by atoms with Gasteiger partial charge in [0.2, 0.25) is 11.8 Å². The molecule has 0 aromatic rings. The molecular weight excluding hydrogens is 324 g/mol. The van der Waals surface area contributed by atoms with Gasteiger partial charge in [-0.3, -0.25) is 9.59 Å². The SMILES string of the molecule is CC(C)C(NC(=O)[C@H]1CCOC1)C(=O)N1C[C@H]2[C@@H]([C@H]1C(=O)O)C2(C)C. The normalized spacial score (nSPS) is 33.9. The first-order valence-corrected chi connectivity index (χ1v) is 9.07. The van der Waals surface area contributed by atoms with E-state index in [1.165, 1.54) is 4.90 Å². The van der Waals surface area contributed by atoms with Crippen molar-refractivity contribution < 1.29 is 24.2 Å². The molecule has 2 N–H and O–H groups in total. The first-order chi connectivity index (χ1) is 11.7. The zero-order valence-electron chi connectivity index (χ0n) is 15.3. The number of carboxylic acids is 1. The van der Waals surface area contributed by atoms with E-state index in [0.29, 0.717) is 26.2 Å². The van der Waals surface area contributed by atoms with Crippen LogP contribution in [0.25, 0.3) is 0 Å². The summed E-state index contributed by atoms with van der Waals surface area (Å²) in [5.41, 5.74) is -0.0302. The fraction of sp³-hybridized carbons (Fsp3) is 0.833. The Labute approximate surface area is 148 Å². The molecule has 2 heterocycles. The van der Waals surface area contributed by atoms with Gasteiger partial charge in [0.05, 0.1) is 12.5 Å². The first kappa shape index (κ1) is 18.2. The number of carbonyl (C=O) groups is 3.